The average Bonchev–Trinajstić information content (AvgIpc) is 2.36. The highest BCUT2D eigenvalue weighted by Crippen LogP contribution is 2.08. The van der Waals surface area contributed by atoms with Gasteiger partial charge in [-0.25, -0.2) is 9.59 Å². The van der Waals surface area contributed by atoms with Crippen LogP contribution in [0.3, 0.4) is 0 Å². The van der Waals surface area contributed by atoms with Gasteiger partial charge in [0.2, 0.25) is 0 Å². The van der Waals surface area contributed by atoms with Crippen LogP contribution >= 0.6 is 0 Å². The molecule has 0 fully saturated rings. The summed E-state index contributed by atoms with van der Waals surface area (Å²) in [7, 11) is 0. The number of carboxylic acids is 1. The number of amides is 1. The minimum absolute atomic E-state index is 0.184. The first-order valence-corrected chi connectivity index (χ1v) is 6.72. The number of carbonyl (C=O) groups is 2. The molecule has 1 amide bonds. The number of aliphatic carboxylic acids is 1. The third kappa shape index (κ3) is 7.15. The maximum absolute atomic E-state index is 11.6. The zero-order valence-corrected chi connectivity index (χ0v) is 12.5. The summed E-state index contributed by atoms with van der Waals surface area (Å²) >= 11 is 0. The lowest BCUT2D eigenvalue weighted by molar-refractivity contribution is -0.139. The van der Waals surface area contributed by atoms with Gasteiger partial charge in [0.1, 0.15) is 11.6 Å². The molecule has 5 nitrogen and oxygen atoms in total. The van der Waals surface area contributed by atoms with Crippen molar-refractivity contribution >= 4 is 18.1 Å². The van der Waals surface area contributed by atoms with E-state index < -0.39 is 23.7 Å². The van der Waals surface area contributed by atoms with Crippen LogP contribution in [0.1, 0.15) is 32.8 Å². The Bertz CT molecular complexity index is 503. The van der Waals surface area contributed by atoms with Crippen molar-refractivity contribution in [2.75, 3.05) is 0 Å². The van der Waals surface area contributed by atoms with Crippen molar-refractivity contribution in [3.05, 3.63) is 42.0 Å². The molecule has 0 saturated heterocycles. The van der Waals surface area contributed by atoms with Gasteiger partial charge in [-0.1, -0.05) is 42.5 Å². The van der Waals surface area contributed by atoms with Crippen LogP contribution < -0.4 is 5.32 Å². The Morgan fingerprint density at radius 2 is 1.90 bits per heavy atom. The SMILES string of the molecule is CC(C)(C)OC(=O)N[C@@H](CC=Cc1ccccc1)C(=O)O. The summed E-state index contributed by atoms with van der Waals surface area (Å²) < 4.78 is 5.05. The third-order valence-corrected chi connectivity index (χ3v) is 2.47. The minimum Gasteiger partial charge on any atom is -0.480 e. The van der Waals surface area contributed by atoms with Gasteiger partial charge in [0, 0.05) is 0 Å². The van der Waals surface area contributed by atoms with E-state index in [2.05, 4.69) is 5.32 Å². The second kappa shape index (κ2) is 7.47. The zero-order chi connectivity index (χ0) is 15.9. The van der Waals surface area contributed by atoms with E-state index >= 15 is 0 Å². The molecular formula is C16H21NO4. The second-order valence-electron chi connectivity index (χ2n) is 5.59. The zero-order valence-electron chi connectivity index (χ0n) is 12.5. The predicted octanol–water partition coefficient (Wildman–Crippen LogP) is 3.07. The largest absolute Gasteiger partial charge is 0.480 e. The summed E-state index contributed by atoms with van der Waals surface area (Å²) in [5.41, 5.74) is 0.312. The molecule has 0 spiro atoms. The van der Waals surface area contributed by atoms with Crippen molar-refractivity contribution in [2.24, 2.45) is 0 Å². The van der Waals surface area contributed by atoms with Gasteiger partial charge in [-0.15, -0.1) is 0 Å². The number of alkyl carbamates (subject to hydrolysis) is 1. The van der Waals surface area contributed by atoms with Crippen molar-refractivity contribution in [1.29, 1.82) is 0 Å². The van der Waals surface area contributed by atoms with Crippen LogP contribution in [0.15, 0.2) is 36.4 Å². The van der Waals surface area contributed by atoms with E-state index in [1.807, 2.05) is 36.4 Å². The van der Waals surface area contributed by atoms with E-state index in [1.165, 1.54) is 0 Å². The molecule has 5 heteroatoms. The summed E-state index contributed by atoms with van der Waals surface area (Å²) in [6, 6.07) is 8.50. The lowest BCUT2D eigenvalue weighted by atomic mass is 10.1. The van der Waals surface area contributed by atoms with Gasteiger partial charge in [0.15, 0.2) is 0 Å². The van der Waals surface area contributed by atoms with E-state index in [1.54, 1.807) is 26.8 Å². The summed E-state index contributed by atoms with van der Waals surface area (Å²) in [6.45, 7) is 5.16. The first kappa shape index (κ1) is 16.8. The molecule has 0 saturated carbocycles. The normalized spacial score (nSPS) is 12.9. The van der Waals surface area contributed by atoms with Crippen molar-refractivity contribution in [3.63, 3.8) is 0 Å². The van der Waals surface area contributed by atoms with E-state index in [-0.39, 0.29) is 6.42 Å². The van der Waals surface area contributed by atoms with Crippen LogP contribution in [-0.2, 0) is 9.53 Å². The minimum atomic E-state index is -1.10. The van der Waals surface area contributed by atoms with Gasteiger partial charge in [0.25, 0.3) is 0 Å². The topological polar surface area (TPSA) is 75.6 Å². The maximum atomic E-state index is 11.6. The number of nitrogens with one attached hydrogen (secondary N) is 1. The smallest absolute Gasteiger partial charge is 0.408 e. The highest BCUT2D eigenvalue weighted by molar-refractivity contribution is 5.80. The summed E-state index contributed by atoms with van der Waals surface area (Å²) in [5, 5.41) is 11.5. The number of rotatable bonds is 5. The van der Waals surface area contributed by atoms with Crippen molar-refractivity contribution < 1.29 is 19.4 Å². The fourth-order valence-corrected chi connectivity index (χ4v) is 1.58. The van der Waals surface area contributed by atoms with E-state index in [9.17, 15) is 9.59 Å². The second-order valence-corrected chi connectivity index (χ2v) is 5.59. The van der Waals surface area contributed by atoms with Gasteiger partial charge in [-0.05, 0) is 32.8 Å². The quantitative estimate of drug-likeness (QED) is 0.874. The number of carboxylic acid groups (broad SMARTS) is 1. The van der Waals surface area contributed by atoms with Crippen LogP contribution in [0.4, 0.5) is 4.79 Å². The van der Waals surface area contributed by atoms with Gasteiger partial charge in [-0.2, -0.15) is 0 Å². The molecule has 1 aromatic rings. The fraction of sp³-hybridized carbons (Fsp3) is 0.375. The van der Waals surface area contributed by atoms with Crippen molar-refractivity contribution in [1.82, 2.24) is 5.32 Å². The van der Waals surface area contributed by atoms with Gasteiger partial charge in [-0.3, -0.25) is 0 Å². The number of ether oxygens (including phenoxy) is 1. The Hall–Kier alpha value is -2.30. The van der Waals surface area contributed by atoms with Crippen LogP contribution in [0, 0.1) is 0 Å². The van der Waals surface area contributed by atoms with Gasteiger partial charge >= 0.3 is 12.1 Å². The third-order valence-electron chi connectivity index (χ3n) is 2.47. The van der Waals surface area contributed by atoms with Crippen LogP contribution in [0.25, 0.3) is 6.08 Å². The summed E-state index contributed by atoms with van der Waals surface area (Å²) in [6.07, 6.45) is 2.98. The molecule has 1 atom stereocenters. The van der Waals surface area contributed by atoms with E-state index in [4.69, 9.17) is 9.84 Å². The number of benzene rings is 1. The lowest BCUT2D eigenvalue weighted by Crippen LogP contribution is -2.43. The molecule has 114 valence electrons. The van der Waals surface area contributed by atoms with Gasteiger partial charge in [0.05, 0.1) is 0 Å². The summed E-state index contributed by atoms with van der Waals surface area (Å²) in [5.74, 6) is -1.10. The van der Waals surface area contributed by atoms with Crippen molar-refractivity contribution in [3.8, 4) is 0 Å². The maximum Gasteiger partial charge on any atom is 0.408 e. The molecule has 0 bridgehead atoms. The van der Waals surface area contributed by atoms with E-state index in [0.717, 1.165) is 5.56 Å². The molecule has 0 heterocycles. The molecule has 1 rings (SSSR count). The lowest BCUT2D eigenvalue weighted by Gasteiger charge is -2.21. The molecule has 0 aliphatic heterocycles. The molecule has 1 aromatic carbocycles. The molecule has 0 aliphatic rings. The van der Waals surface area contributed by atoms with Crippen LogP contribution in [0.2, 0.25) is 0 Å². The van der Waals surface area contributed by atoms with Crippen LogP contribution in [0.5, 0.6) is 0 Å². The summed E-state index contributed by atoms with van der Waals surface area (Å²) in [4.78, 5) is 22.7. The first-order chi connectivity index (χ1) is 9.78. The monoisotopic (exact) mass is 291 g/mol. The predicted molar refractivity (Wildman–Crippen MR) is 80.9 cm³/mol. The fourth-order valence-electron chi connectivity index (χ4n) is 1.58. The number of carbonyl (C=O) groups excluding carboxylic acids is 1. The Morgan fingerprint density at radius 1 is 1.29 bits per heavy atom. The number of hydrogen-bond donors (Lipinski definition) is 2. The average molecular weight is 291 g/mol. The highest BCUT2D eigenvalue weighted by atomic mass is 16.6. The standard InChI is InChI=1S/C16H21NO4/c1-16(2,3)21-15(20)17-13(14(18)19)11-7-10-12-8-5-4-6-9-12/h4-10,13H,11H2,1-3H3,(H,17,20)(H,18,19)/t13-/m0/s1. The molecule has 0 unspecified atom stereocenters. The van der Waals surface area contributed by atoms with Crippen LogP contribution in [-0.4, -0.2) is 28.8 Å². The first-order valence-electron chi connectivity index (χ1n) is 6.72. The van der Waals surface area contributed by atoms with Crippen molar-refractivity contribution in [2.45, 2.75) is 38.8 Å². The highest BCUT2D eigenvalue weighted by Gasteiger charge is 2.22. The molecule has 0 aromatic heterocycles. The molecule has 0 radical (unpaired) electrons. The Morgan fingerprint density at radius 3 is 2.43 bits per heavy atom. The Labute approximate surface area is 124 Å². The molecule has 21 heavy (non-hydrogen) atoms. The Balaban J connectivity index is 2.56. The number of hydrogen-bond acceptors (Lipinski definition) is 3. The van der Waals surface area contributed by atoms with Gasteiger partial charge < -0.3 is 15.2 Å². The van der Waals surface area contributed by atoms with E-state index in [0.29, 0.717) is 0 Å². The Kier molecular flexibility index (Phi) is 5.96. The molecule has 0 aliphatic carbocycles. The molecular weight excluding hydrogens is 270 g/mol. The molecule has 2 N–H and O–H groups in total.